The van der Waals surface area contributed by atoms with Crippen LogP contribution in [0.25, 0.3) is 22.3 Å². The molecule has 0 unspecified atom stereocenters. The summed E-state index contributed by atoms with van der Waals surface area (Å²) in [6.45, 7) is 2.82. The molecular weight excluding hydrogens is 446 g/mol. The van der Waals surface area contributed by atoms with E-state index in [2.05, 4.69) is 19.9 Å². The van der Waals surface area contributed by atoms with Crippen LogP contribution in [-0.4, -0.2) is 73.0 Å². The molecule has 0 saturated carbocycles. The number of aromatic nitrogens is 4. The first-order chi connectivity index (χ1) is 16.9. The molecule has 1 atom stereocenters. The molecule has 0 radical (unpaired) electrons. The number of rotatable bonds is 4. The summed E-state index contributed by atoms with van der Waals surface area (Å²) in [5.41, 5.74) is 8.10. The molecule has 2 amide bonds. The summed E-state index contributed by atoms with van der Waals surface area (Å²) in [7, 11) is 0. The van der Waals surface area contributed by atoms with E-state index in [1.165, 1.54) is 23.5 Å². The molecule has 1 aliphatic rings. The second kappa shape index (κ2) is 8.98. The van der Waals surface area contributed by atoms with Gasteiger partial charge in [0.2, 0.25) is 0 Å². The van der Waals surface area contributed by atoms with Crippen molar-refractivity contribution in [1.82, 2.24) is 29.7 Å². The van der Waals surface area contributed by atoms with Crippen molar-refractivity contribution >= 4 is 34.3 Å². The molecule has 4 aromatic rings. The number of hydrogen-bond donors (Lipinski definition) is 2. The number of hydrogen-bond acceptors (Lipinski definition) is 7. The highest BCUT2D eigenvalue weighted by atomic mass is 16.2. The number of amides is 2. The third kappa shape index (κ3) is 4.10. The van der Waals surface area contributed by atoms with Crippen molar-refractivity contribution in [3.05, 3.63) is 72.3 Å². The van der Waals surface area contributed by atoms with Crippen molar-refractivity contribution < 1.29 is 14.4 Å². The van der Waals surface area contributed by atoms with Crippen molar-refractivity contribution in [1.29, 1.82) is 0 Å². The highest BCUT2D eigenvalue weighted by Crippen LogP contribution is 2.27. The molecular formula is C25H23N7O3. The molecule has 10 nitrogen and oxygen atoms in total. The summed E-state index contributed by atoms with van der Waals surface area (Å²) in [6.07, 6.45) is 6.02. The number of nitrogen functional groups attached to an aromatic ring is 1. The summed E-state index contributed by atoms with van der Waals surface area (Å²) in [4.78, 5) is 58.2. The maximum Gasteiger partial charge on any atom is 0.295 e. The van der Waals surface area contributed by atoms with Crippen molar-refractivity contribution in [2.75, 3.05) is 25.4 Å². The molecule has 3 aromatic heterocycles. The lowest BCUT2D eigenvalue weighted by atomic mass is 10.1. The Kier molecular flexibility index (Phi) is 5.69. The average Bonchev–Trinajstić information content (AvgIpc) is 3.32. The van der Waals surface area contributed by atoms with E-state index >= 15 is 0 Å². The van der Waals surface area contributed by atoms with Crippen LogP contribution in [0.1, 0.15) is 27.6 Å². The Labute approximate surface area is 200 Å². The van der Waals surface area contributed by atoms with Gasteiger partial charge in [-0.2, -0.15) is 0 Å². The van der Waals surface area contributed by atoms with Crippen LogP contribution in [0.5, 0.6) is 0 Å². The number of ketones is 1. The lowest BCUT2D eigenvalue weighted by Crippen LogP contribution is -2.56. The maximum absolute atomic E-state index is 13.2. The average molecular weight is 470 g/mol. The lowest BCUT2D eigenvalue weighted by Gasteiger charge is -2.39. The minimum Gasteiger partial charge on any atom is -0.382 e. The number of Topliss-reactive ketones (excluding diaryl/α,β-unsaturated/α-hetero) is 1. The Morgan fingerprint density at radius 2 is 1.89 bits per heavy atom. The first-order valence-electron chi connectivity index (χ1n) is 11.2. The second-order valence-electron chi connectivity index (χ2n) is 8.41. The van der Waals surface area contributed by atoms with Gasteiger partial charge >= 0.3 is 0 Å². The number of fused-ring (bicyclic) bond motifs is 1. The Bertz CT molecular complexity index is 1430. The molecule has 35 heavy (non-hydrogen) atoms. The van der Waals surface area contributed by atoms with Crippen molar-refractivity contribution in [3.8, 4) is 11.4 Å². The number of nitrogens with one attached hydrogen (secondary N) is 1. The minimum atomic E-state index is -0.623. The topological polar surface area (TPSA) is 138 Å². The first kappa shape index (κ1) is 22.2. The fourth-order valence-electron chi connectivity index (χ4n) is 4.38. The zero-order chi connectivity index (χ0) is 24.5. The molecule has 0 spiro atoms. The Hall–Kier alpha value is -4.60. The highest BCUT2D eigenvalue weighted by molar-refractivity contribution is 6.45. The molecule has 1 saturated heterocycles. The Morgan fingerprint density at radius 3 is 2.63 bits per heavy atom. The normalized spacial score (nSPS) is 15.9. The number of H-pyrrole nitrogens is 1. The molecule has 0 bridgehead atoms. The van der Waals surface area contributed by atoms with E-state index in [0.717, 1.165) is 0 Å². The number of pyridine rings is 1. The van der Waals surface area contributed by atoms with Gasteiger partial charge in [-0.15, -0.1) is 0 Å². The van der Waals surface area contributed by atoms with E-state index in [1.54, 1.807) is 29.3 Å². The monoisotopic (exact) mass is 469 g/mol. The molecule has 5 rings (SSSR count). The van der Waals surface area contributed by atoms with Crippen LogP contribution in [0.2, 0.25) is 0 Å². The molecule has 3 N–H and O–H groups in total. The second-order valence-corrected chi connectivity index (χ2v) is 8.41. The van der Waals surface area contributed by atoms with Gasteiger partial charge in [0.1, 0.15) is 17.2 Å². The summed E-state index contributed by atoms with van der Waals surface area (Å²) in [6, 6.07) is 10.4. The van der Waals surface area contributed by atoms with Crippen molar-refractivity contribution in [2.24, 2.45) is 0 Å². The van der Waals surface area contributed by atoms with Crippen molar-refractivity contribution in [3.63, 3.8) is 0 Å². The van der Waals surface area contributed by atoms with Crippen molar-refractivity contribution in [2.45, 2.75) is 13.0 Å². The molecule has 10 heteroatoms. The molecule has 0 aliphatic carbocycles. The van der Waals surface area contributed by atoms with Gasteiger partial charge < -0.3 is 20.5 Å². The number of carbonyl (C=O) groups is 3. The van der Waals surface area contributed by atoms with Gasteiger partial charge in [0.05, 0.1) is 23.5 Å². The van der Waals surface area contributed by atoms with Gasteiger partial charge in [0.15, 0.2) is 0 Å². The van der Waals surface area contributed by atoms with Crippen LogP contribution in [0.15, 0.2) is 61.2 Å². The third-order valence-corrected chi connectivity index (χ3v) is 6.13. The number of nitrogens with two attached hydrogens (primary N) is 1. The van der Waals surface area contributed by atoms with E-state index in [-0.39, 0.29) is 29.9 Å². The highest BCUT2D eigenvalue weighted by Gasteiger charge is 2.34. The van der Waals surface area contributed by atoms with E-state index in [1.807, 2.05) is 25.1 Å². The van der Waals surface area contributed by atoms with Crippen LogP contribution in [0.4, 0.5) is 5.82 Å². The van der Waals surface area contributed by atoms with Gasteiger partial charge in [0.25, 0.3) is 17.6 Å². The minimum absolute atomic E-state index is 0.0859. The summed E-state index contributed by atoms with van der Waals surface area (Å²) < 4.78 is 0. The summed E-state index contributed by atoms with van der Waals surface area (Å²) >= 11 is 0. The zero-order valence-electron chi connectivity index (χ0n) is 19.0. The quantitative estimate of drug-likeness (QED) is 0.345. The molecule has 1 fully saturated rings. The van der Waals surface area contributed by atoms with Crippen LogP contribution < -0.4 is 5.73 Å². The first-order valence-corrected chi connectivity index (χ1v) is 11.2. The number of anilines is 1. The molecule has 4 heterocycles. The molecule has 1 aliphatic heterocycles. The van der Waals surface area contributed by atoms with Gasteiger partial charge in [0, 0.05) is 49.0 Å². The smallest absolute Gasteiger partial charge is 0.295 e. The molecule has 1 aromatic carbocycles. The summed E-state index contributed by atoms with van der Waals surface area (Å²) in [5, 5.41) is 0.558. The number of carbonyl (C=O) groups excluding carboxylic acids is 3. The fraction of sp³-hybridized carbons (Fsp3) is 0.200. The number of piperazine rings is 1. The Balaban J connectivity index is 1.36. The standard InChI is InChI=1S/C25H23N7O3/c1-15-14-31(24(34)16-5-3-2-4-6-16)9-10-32(15)25(35)23(33)18-11-29-21-17(18)7-8-28-22(21)19-12-27-13-20(26)30-19/h2-8,11-13,15,29H,9-10,14H2,1H3,(H2,26,30)/t15-/m1/s1. The van der Waals surface area contributed by atoms with Crippen LogP contribution in [0.3, 0.4) is 0 Å². The Morgan fingerprint density at radius 1 is 1.09 bits per heavy atom. The van der Waals surface area contributed by atoms with E-state index < -0.39 is 11.7 Å². The number of aromatic amines is 1. The predicted molar refractivity (Wildman–Crippen MR) is 129 cm³/mol. The predicted octanol–water partition coefficient (Wildman–Crippen LogP) is 2.16. The van der Waals surface area contributed by atoms with E-state index in [0.29, 0.717) is 40.9 Å². The van der Waals surface area contributed by atoms with Crippen LogP contribution in [-0.2, 0) is 4.79 Å². The van der Waals surface area contributed by atoms with Gasteiger partial charge in [-0.25, -0.2) is 4.98 Å². The fourth-order valence-corrected chi connectivity index (χ4v) is 4.38. The molecule has 176 valence electrons. The van der Waals surface area contributed by atoms with Crippen LogP contribution in [0, 0.1) is 0 Å². The maximum atomic E-state index is 13.2. The largest absolute Gasteiger partial charge is 0.382 e. The lowest BCUT2D eigenvalue weighted by molar-refractivity contribution is -0.130. The van der Waals surface area contributed by atoms with Gasteiger partial charge in [-0.1, -0.05) is 18.2 Å². The van der Waals surface area contributed by atoms with E-state index in [9.17, 15) is 14.4 Å². The van der Waals surface area contributed by atoms with Gasteiger partial charge in [-0.05, 0) is 25.1 Å². The number of benzene rings is 1. The van der Waals surface area contributed by atoms with Crippen LogP contribution >= 0.6 is 0 Å². The van der Waals surface area contributed by atoms with E-state index in [4.69, 9.17) is 5.73 Å². The number of nitrogens with zero attached hydrogens (tertiary/aromatic N) is 5. The third-order valence-electron chi connectivity index (χ3n) is 6.13. The van der Waals surface area contributed by atoms with Gasteiger partial charge in [-0.3, -0.25) is 24.4 Å². The zero-order valence-corrected chi connectivity index (χ0v) is 19.0. The SMILES string of the molecule is C[C@@H]1CN(C(=O)c2ccccc2)CCN1C(=O)C(=O)c1c[nH]c2c(-c3cncc(N)n3)nccc12. The summed E-state index contributed by atoms with van der Waals surface area (Å²) in [5.74, 6) is -1.07.